The molecule has 0 aliphatic heterocycles. The Labute approximate surface area is 139 Å². The van der Waals surface area contributed by atoms with E-state index < -0.39 is 0 Å². The van der Waals surface area contributed by atoms with Gasteiger partial charge in [0.1, 0.15) is 0 Å². The van der Waals surface area contributed by atoms with Crippen LogP contribution in [0, 0.1) is 3.57 Å². The Balaban J connectivity index is 2.46. The van der Waals surface area contributed by atoms with E-state index in [1.807, 2.05) is 22.9 Å². The summed E-state index contributed by atoms with van der Waals surface area (Å²) in [5.74, 6) is 0. The number of hydrogen-bond acceptors (Lipinski definition) is 2. The van der Waals surface area contributed by atoms with Crippen molar-refractivity contribution in [2.24, 2.45) is 5.73 Å². The monoisotopic (exact) mass is 453 g/mol. The van der Waals surface area contributed by atoms with Gasteiger partial charge in [0.05, 0.1) is 22.4 Å². The Hall–Kier alpha value is -0.110. The largest absolute Gasteiger partial charge is 0.319 e. The molecule has 0 aliphatic carbocycles. The van der Waals surface area contributed by atoms with Gasteiger partial charge in [0, 0.05) is 15.1 Å². The molecule has 0 saturated heterocycles. The van der Waals surface area contributed by atoms with E-state index in [0.29, 0.717) is 5.02 Å². The highest BCUT2D eigenvalue weighted by Crippen LogP contribution is 2.31. The molecule has 1 aromatic carbocycles. The van der Waals surface area contributed by atoms with Crippen molar-refractivity contribution in [1.82, 2.24) is 9.78 Å². The second-order valence-corrected chi connectivity index (χ2v) is 6.70. The second-order valence-electron chi connectivity index (χ2n) is 4.24. The minimum absolute atomic E-state index is 0.242. The normalized spacial score (nSPS) is 12.7. The lowest BCUT2D eigenvalue weighted by molar-refractivity contribution is 0.558. The van der Waals surface area contributed by atoms with Crippen molar-refractivity contribution in [2.75, 3.05) is 0 Å². The zero-order chi connectivity index (χ0) is 14.0. The molecule has 0 aliphatic rings. The Morgan fingerprint density at radius 1 is 1.53 bits per heavy atom. The molecule has 0 bridgehead atoms. The third-order valence-electron chi connectivity index (χ3n) is 2.86. The zero-order valence-corrected chi connectivity index (χ0v) is 14.9. The number of nitrogens with two attached hydrogens (primary N) is 1. The summed E-state index contributed by atoms with van der Waals surface area (Å²) in [5, 5.41) is 5.06. The van der Waals surface area contributed by atoms with Crippen LogP contribution in [0.25, 0.3) is 0 Å². The van der Waals surface area contributed by atoms with Gasteiger partial charge in [-0.25, -0.2) is 0 Å². The molecule has 0 fully saturated rings. The maximum atomic E-state index is 6.41. The lowest BCUT2D eigenvalue weighted by Gasteiger charge is -2.17. The first kappa shape index (κ1) is 15.3. The number of aromatic nitrogens is 2. The van der Waals surface area contributed by atoms with Gasteiger partial charge in [0.2, 0.25) is 0 Å². The van der Waals surface area contributed by atoms with Crippen LogP contribution in [-0.4, -0.2) is 9.78 Å². The van der Waals surface area contributed by atoms with Crippen molar-refractivity contribution in [3.8, 4) is 0 Å². The number of nitrogens with zero attached hydrogens (tertiary/aromatic N) is 2. The average Bonchev–Trinajstić information content (AvgIpc) is 2.73. The quantitative estimate of drug-likeness (QED) is 0.698. The fourth-order valence-corrected chi connectivity index (χ4v) is 3.37. The standard InChI is InChI=1S/C13H14BrClIN3/c1-2-5-19-13(10(14)7-18-19)12(17)9-6-8(15)3-4-11(9)16/h3-4,6-7,12H,2,5,17H2,1H3. The SMILES string of the molecule is CCCn1ncc(Br)c1C(N)c1cc(Cl)ccc1I. The predicted octanol–water partition coefficient (Wildman–Crippen LogP) is 4.36. The van der Waals surface area contributed by atoms with Crippen LogP contribution < -0.4 is 5.73 Å². The van der Waals surface area contributed by atoms with Crippen LogP contribution in [0.5, 0.6) is 0 Å². The summed E-state index contributed by atoms with van der Waals surface area (Å²) < 4.78 is 3.99. The van der Waals surface area contributed by atoms with Crippen LogP contribution in [0.4, 0.5) is 0 Å². The molecule has 102 valence electrons. The molecule has 1 aromatic heterocycles. The van der Waals surface area contributed by atoms with Crippen LogP contribution in [0.15, 0.2) is 28.9 Å². The molecule has 19 heavy (non-hydrogen) atoms. The van der Waals surface area contributed by atoms with E-state index in [2.05, 4.69) is 50.5 Å². The van der Waals surface area contributed by atoms with Crippen molar-refractivity contribution < 1.29 is 0 Å². The molecule has 0 saturated carbocycles. The molecular formula is C13H14BrClIN3. The minimum Gasteiger partial charge on any atom is -0.319 e. The number of aryl methyl sites for hydroxylation is 1. The van der Waals surface area contributed by atoms with Crippen LogP contribution >= 0.6 is 50.1 Å². The molecule has 1 unspecified atom stereocenters. The summed E-state index contributed by atoms with van der Waals surface area (Å²) in [6, 6.07) is 5.53. The third kappa shape index (κ3) is 3.32. The van der Waals surface area contributed by atoms with Gasteiger partial charge in [-0.2, -0.15) is 5.10 Å². The van der Waals surface area contributed by atoms with E-state index in [1.165, 1.54) is 0 Å². The Kier molecular flexibility index (Phi) is 5.28. The molecule has 2 aromatic rings. The summed E-state index contributed by atoms with van der Waals surface area (Å²) in [4.78, 5) is 0. The summed E-state index contributed by atoms with van der Waals surface area (Å²) in [6.07, 6.45) is 2.81. The zero-order valence-electron chi connectivity index (χ0n) is 10.4. The summed E-state index contributed by atoms with van der Waals surface area (Å²) in [5.41, 5.74) is 8.42. The van der Waals surface area contributed by atoms with Gasteiger partial charge in [-0.1, -0.05) is 18.5 Å². The fourth-order valence-electron chi connectivity index (χ4n) is 1.97. The predicted molar refractivity (Wildman–Crippen MR) is 90.4 cm³/mol. The Morgan fingerprint density at radius 3 is 2.95 bits per heavy atom. The molecule has 0 spiro atoms. The number of rotatable bonds is 4. The highest BCUT2D eigenvalue weighted by molar-refractivity contribution is 14.1. The number of benzene rings is 1. The van der Waals surface area contributed by atoms with E-state index in [1.54, 1.807) is 6.20 Å². The molecule has 2 rings (SSSR count). The average molecular weight is 455 g/mol. The van der Waals surface area contributed by atoms with E-state index >= 15 is 0 Å². The maximum Gasteiger partial charge on any atom is 0.0745 e. The molecule has 3 nitrogen and oxygen atoms in total. The maximum absolute atomic E-state index is 6.41. The van der Waals surface area contributed by atoms with E-state index in [-0.39, 0.29) is 6.04 Å². The van der Waals surface area contributed by atoms with Crippen LogP contribution in [0.2, 0.25) is 5.02 Å². The van der Waals surface area contributed by atoms with Crippen LogP contribution in [-0.2, 0) is 6.54 Å². The third-order valence-corrected chi connectivity index (χ3v) is 4.68. The van der Waals surface area contributed by atoms with Gasteiger partial charge < -0.3 is 5.73 Å². The first-order chi connectivity index (χ1) is 9.04. The molecule has 1 atom stereocenters. The molecular weight excluding hydrogens is 440 g/mol. The number of hydrogen-bond donors (Lipinski definition) is 1. The summed E-state index contributed by atoms with van der Waals surface area (Å²) >= 11 is 11.9. The van der Waals surface area contributed by atoms with Gasteiger partial charge in [0.25, 0.3) is 0 Å². The van der Waals surface area contributed by atoms with Gasteiger partial charge in [-0.05, 0) is 68.7 Å². The topological polar surface area (TPSA) is 43.8 Å². The fraction of sp³-hybridized carbons (Fsp3) is 0.308. The van der Waals surface area contributed by atoms with Crippen molar-refractivity contribution in [1.29, 1.82) is 0 Å². The highest BCUT2D eigenvalue weighted by atomic mass is 127. The molecule has 0 radical (unpaired) electrons. The lowest BCUT2D eigenvalue weighted by Crippen LogP contribution is -2.19. The summed E-state index contributed by atoms with van der Waals surface area (Å²) in [6.45, 7) is 2.97. The van der Waals surface area contributed by atoms with E-state index in [4.69, 9.17) is 17.3 Å². The first-order valence-electron chi connectivity index (χ1n) is 5.96. The van der Waals surface area contributed by atoms with Gasteiger partial charge >= 0.3 is 0 Å². The van der Waals surface area contributed by atoms with Gasteiger partial charge in [0.15, 0.2) is 0 Å². The van der Waals surface area contributed by atoms with Gasteiger partial charge in [-0.15, -0.1) is 0 Å². The number of halogens is 3. The first-order valence-corrected chi connectivity index (χ1v) is 8.21. The Bertz CT molecular complexity index is 585. The Morgan fingerprint density at radius 2 is 2.26 bits per heavy atom. The molecule has 2 N–H and O–H groups in total. The molecule has 1 heterocycles. The summed E-state index contributed by atoms with van der Waals surface area (Å²) in [7, 11) is 0. The van der Waals surface area contributed by atoms with E-state index in [0.717, 1.165) is 32.3 Å². The van der Waals surface area contributed by atoms with Crippen LogP contribution in [0.1, 0.15) is 30.6 Å². The smallest absolute Gasteiger partial charge is 0.0745 e. The van der Waals surface area contributed by atoms with Crippen LogP contribution in [0.3, 0.4) is 0 Å². The van der Waals surface area contributed by atoms with Crippen molar-refractivity contribution in [2.45, 2.75) is 25.9 Å². The lowest BCUT2D eigenvalue weighted by atomic mass is 10.0. The van der Waals surface area contributed by atoms with Crippen molar-refractivity contribution in [3.05, 3.63) is 48.7 Å². The van der Waals surface area contributed by atoms with Gasteiger partial charge in [-0.3, -0.25) is 4.68 Å². The van der Waals surface area contributed by atoms with E-state index in [9.17, 15) is 0 Å². The highest BCUT2D eigenvalue weighted by Gasteiger charge is 2.20. The van der Waals surface area contributed by atoms with Crippen molar-refractivity contribution in [3.63, 3.8) is 0 Å². The molecule has 6 heteroatoms. The van der Waals surface area contributed by atoms with Crippen molar-refractivity contribution >= 4 is 50.1 Å². The molecule has 0 amide bonds. The minimum atomic E-state index is -0.242. The second kappa shape index (κ2) is 6.56.